The number of nitrogen functional groups attached to an aromatic ring is 1. The van der Waals surface area contributed by atoms with Gasteiger partial charge in [-0.15, -0.1) is 0 Å². The van der Waals surface area contributed by atoms with Gasteiger partial charge in [-0.1, -0.05) is 6.07 Å². The molecule has 0 aromatic carbocycles. The standard InChI is InChI=1S/C9H11N3/c1-6-3-4-8-11-9(10)7(2)12(8)5-6/h3-5H,10H2,1-2H3. The zero-order valence-electron chi connectivity index (χ0n) is 7.20. The van der Waals surface area contributed by atoms with Crippen molar-refractivity contribution >= 4 is 11.5 Å². The molecule has 2 N–H and O–H groups in total. The fourth-order valence-electron chi connectivity index (χ4n) is 1.29. The van der Waals surface area contributed by atoms with Gasteiger partial charge in [0.15, 0.2) is 0 Å². The maximum absolute atomic E-state index is 5.67. The lowest BCUT2D eigenvalue weighted by atomic mass is 10.3. The normalized spacial score (nSPS) is 10.8. The van der Waals surface area contributed by atoms with Crippen LogP contribution in [0.15, 0.2) is 18.3 Å². The van der Waals surface area contributed by atoms with E-state index in [1.54, 1.807) is 0 Å². The summed E-state index contributed by atoms with van der Waals surface area (Å²) in [6.07, 6.45) is 2.04. The lowest BCUT2D eigenvalue weighted by molar-refractivity contribution is 1.09. The smallest absolute Gasteiger partial charge is 0.145 e. The molecular formula is C9H11N3. The second-order valence-electron chi connectivity index (χ2n) is 3.02. The highest BCUT2D eigenvalue weighted by atomic mass is 15.1. The Labute approximate surface area is 70.8 Å². The number of aryl methyl sites for hydroxylation is 2. The quantitative estimate of drug-likeness (QED) is 0.636. The van der Waals surface area contributed by atoms with Crippen molar-refractivity contribution in [2.24, 2.45) is 0 Å². The first-order valence-corrected chi connectivity index (χ1v) is 3.89. The van der Waals surface area contributed by atoms with Gasteiger partial charge in [0.2, 0.25) is 0 Å². The number of nitrogens with two attached hydrogens (primary N) is 1. The van der Waals surface area contributed by atoms with Crippen molar-refractivity contribution in [2.45, 2.75) is 13.8 Å². The number of imidazole rings is 1. The summed E-state index contributed by atoms with van der Waals surface area (Å²) in [4.78, 5) is 4.19. The van der Waals surface area contributed by atoms with Gasteiger partial charge in [0.25, 0.3) is 0 Å². The molecule has 0 radical (unpaired) electrons. The molecule has 3 nitrogen and oxygen atoms in total. The highest BCUT2D eigenvalue weighted by Crippen LogP contribution is 2.13. The molecule has 0 aliphatic rings. The number of hydrogen-bond donors (Lipinski definition) is 1. The number of rotatable bonds is 0. The van der Waals surface area contributed by atoms with Crippen molar-refractivity contribution in [3.05, 3.63) is 29.6 Å². The molecule has 12 heavy (non-hydrogen) atoms. The molecule has 0 aliphatic heterocycles. The summed E-state index contributed by atoms with van der Waals surface area (Å²) in [6, 6.07) is 4.00. The maximum atomic E-state index is 5.67. The first kappa shape index (κ1) is 7.16. The van der Waals surface area contributed by atoms with Gasteiger partial charge < -0.3 is 10.1 Å². The number of pyridine rings is 1. The van der Waals surface area contributed by atoms with Gasteiger partial charge in [-0.2, -0.15) is 0 Å². The van der Waals surface area contributed by atoms with E-state index in [0.29, 0.717) is 5.82 Å². The first-order chi connectivity index (χ1) is 5.68. The van der Waals surface area contributed by atoms with E-state index in [0.717, 1.165) is 11.3 Å². The Morgan fingerprint density at radius 1 is 1.33 bits per heavy atom. The summed E-state index contributed by atoms with van der Waals surface area (Å²) in [5.74, 6) is 0.612. The average molecular weight is 161 g/mol. The Hall–Kier alpha value is -1.51. The van der Waals surface area contributed by atoms with Crippen LogP contribution in [0.25, 0.3) is 5.65 Å². The number of hydrogen-bond acceptors (Lipinski definition) is 2. The van der Waals surface area contributed by atoms with Gasteiger partial charge in [0.1, 0.15) is 11.5 Å². The number of aromatic nitrogens is 2. The summed E-state index contributed by atoms with van der Waals surface area (Å²) >= 11 is 0. The van der Waals surface area contributed by atoms with Gasteiger partial charge in [-0.25, -0.2) is 4.98 Å². The minimum absolute atomic E-state index is 0.612. The van der Waals surface area contributed by atoms with Crippen LogP contribution < -0.4 is 5.73 Å². The molecule has 0 atom stereocenters. The molecule has 0 aliphatic carbocycles. The average Bonchev–Trinajstić information content (AvgIpc) is 2.31. The zero-order chi connectivity index (χ0) is 8.72. The SMILES string of the molecule is Cc1ccc2nc(N)c(C)n2c1. The first-order valence-electron chi connectivity index (χ1n) is 3.89. The van der Waals surface area contributed by atoms with Crippen molar-refractivity contribution in [3.8, 4) is 0 Å². The van der Waals surface area contributed by atoms with E-state index in [1.165, 1.54) is 5.56 Å². The Morgan fingerprint density at radius 2 is 2.08 bits per heavy atom. The van der Waals surface area contributed by atoms with Crippen LogP contribution in [0.5, 0.6) is 0 Å². The molecule has 0 bridgehead atoms. The summed E-state index contributed by atoms with van der Waals surface area (Å²) in [5.41, 5.74) is 8.80. The molecule has 3 heteroatoms. The maximum Gasteiger partial charge on any atom is 0.145 e. The predicted molar refractivity (Wildman–Crippen MR) is 49.1 cm³/mol. The molecule has 0 amide bonds. The number of fused-ring (bicyclic) bond motifs is 1. The molecule has 62 valence electrons. The van der Waals surface area contributed by atoms with Crippen molar-refractivity contribution in [3.63, 3.8) is 0 Å². The van der Waals surface area contributed by atoms with Crippen LogP contribution in [0.4, 0.5) is 5.82 Å². The fourth-order valence-corrected chi connectivity index (χ4v) is 1.29. The number of anilines is 1. The molecule has 2 heterocycles. The molecular weight excluding hydrogens is 150 g/mol. The van der Waals surface area contributed by atoms with Gasteiger partial charge in [0.05, 0.1) is 5.69 Å². The molecule has 0 unspecified atom stereocenters. The topological polar surface area (TPSA) is 43.3 Å². The van der Waals surface area contributed by atoms with E-state index in [9.17, 15) is 0 Å². The van der Waals surface area contributed by atoms with E-state index in [4.69, 9.17) is 5.73 Å². The van der Waals surface area contributed by atoms with Crippen LogP contribution in [0.2, 0.25) is 0 Å². The van der Waals surface area contributed by atoms with E-state index in [-0.39, 0.29) is 0 Å². The van der Waals surface area contributed by atoms with Crippen molar-refractivity contribution in [1.82, 2.24) is 9.38 Å². The molecule has 0 saturated heterocycles. The molecule has 0 saturated carbocycles. The summed E-state index contributed by atoms with van der Waals surface area (Å²) in [6.45, 7) is 4.02. The summed E-state index contributed by atoms with van der Waals surface area (Å²) < 4.78 is 2.00. The summed E-state index contributed by atoms with van der Waals surface area (Å²) in [5, 5.41) is 0. The van der Waals surface area contributed by atoms with E-state index < -0.39 is 0 Å². The highest BCUT2D eigenvalue weighted by Gasteiger charge is 2.02. The molecule has 2 rings (SSSR count). The monoisotopic (exact) mass is 161 g/mol. The molecule has 0 spiro atoms. The van der Waals surface area contributed by atoms with Crippen LogP contribution in [0, 0.1) is 13.8 Å². The van der Waals surface area contributed by atoms with Crippen molar-refractivity contribution in [2.75, 3.05) is 5.73 Å². The van der Waals surface area contributed by atoms with Gasteiger partial charge >= 0.3 is 0 Å². The third-order valence-electron chi connectivity index (χ3n) is 2.04. The third-order valence-corrected chi connectivity index (χ3v) is 2.04. The Kier molecular flexibility index (Phi) is 1.33. The Balaban J connectivity index is 2.88. The van der Waals surface area contributed by atoms with Crippen LogP contribution in [0.1, 0.15) is 11.3 Å². The number of nitrogens with zero attached hydrogens (tertiary/aromatic N) is 2. The predicted octanol–water partition coefficient (Wildman–Crippen LogP) is 1.53. The summed E-state index contributed by atoms with van der Waals surface area (Å²) in [7, 11) is 0. The van der Waals surface area contributed by atoms with Crippen molar-refractivity contribution in [1.29, 1.82) is 0 Å². The minimum atomic E-state index is 0.612. The Bertz CT molecular complexity index is 429. The highest BCUT2D eigenvalue weighted by molar-refractivity contribution is 5.51. The largest absolute Gasteiger partial charge is 0.382 e. The van der Waals surface area contributed by atoms with Crippen LogP contribution >= 0.6 is 0 Å². The zero-order valence-corrected chi connectivity index (χ0v) is 7.20. The van der Waals surface area contributed by atoms with E-state index >= 15 is 0 Å². The van der Waals surface area contributed by atoms with E-state index in [2.05, 4.69) is 11.9 Å². The van der Waals surface area contributed by atoms with Crippen LogP contribution in [-0.2, 0) is 0 Å². The Morgan fingerprint density at radius 3 is 2.83 bits per heavy atom. The minimum Gasteiger partial charge on any atom is -0.382 e. The third kappa shape index (κ3) is 0.863. The van der Waals surface area contributed by atoms with Gasteiger partial charge in [0, 0.05) is 6.20 Å². The molecule has 2 aromatic heterocycles. The molecule has 0 fully saturated rings. The van der Waals surface area contributed by atoms with Crippen LogP contribution in [-0.4, -0.2) is 9.38 Å². The van der Waals surface area contributed by atoms with Crippen molar-refractivity contribution < 1.29 is 0 Å². The lowest BCUT2D eigenvalue weighted by Crippen LogP contribution is -1.90. The molecule has 2 aromatic rings. The fraction of sp³-hybridized carbons (Fsp3) is 0.222. The second kappa shape index (κ2) is 2.24. The van der Waals surface area contributed by atoms with Gasteiger partial charge in [-0.05, 0) is 25.5 Å². The second-order valence-corrected chi connectivity index (χ2v) is 3.02. The van der Waals surface area contributed by atoms with Crippen LogP contribution in [0.3, 0.4) is 0 Å². The lowest BCUT2D eigenvalue weighted by Gasteiger charge is -1.96. The van der Waals surface area contributed by atoms with Gasteiger partial charge in [-0.3, -0.25) is 0 Å². The van der Waals surface area contributed by atoms with E-state index in [1.807, 2.05) is 29.7 Å².